The number of nitrogens with one attached hydrogen (secondary N) is 1. The van der Waals surface area contributed by atoms with E-state index in [0.717, 1.165) is 32.4 Å². The molecule has 0 aromatic heterocycles. The molecule has 0 saturated heterocycles. The number of anilines is 1. The van der Waals surface area contributed by atoms with Gasteiger partial charge in [-0.1, -0.05) is 0 Å². The summed E-state index contributed by atoms with van der Waals surface area (Å²) in [5.41, 5.74) is -0.784. The van der Waals surface area contributed by atoms with Crippen molar-refractivity contribution >= 4 is 33.6 Å². The summed E-state index contributed by atoms with van der Waals surface area (Å²) in [4.78, 5) is 22.9. The predicted molar refractivity (Wildman–Crippen MR) is 76.5 cm³/mol. The van der Waals surface area contributed by atoms with Crippen molar-refractivity contribution in [2.75, 3.05) is 19.5 Å². The normalized spacial score (nSPS) is 11.2. The lowest BCUT2D eigenvalue weighted by molar-refractivity contribution is -0.138. The van der Waals surface area contributed by atoms with Gasteiger partial charge in [0.1, 0.15) is 11.5 Å². The molecule has 126 valence electrons. The van der Waals surface area contributed by atoms with Crippen LogP contribution in [0.25, 0.3) is 0 Å². The number of carbonyl (C=O) groups excluding carboxylic acids is 2. The smallest absolute Gasteiger partial charge is 0.387 e. The van der Waals surface area contributed by atoms with Gasteiger partial charge in [0, 0.05) is 6.07 Å². The number of esters is 2. The lowest BCUT2D eigenvalue weighted by Crippen LogP contribution is -2.16. The topological polar surface area (TPSA) is 73.9 Å². The van der Waals surface area contributed by atoms with Gasteiger partial charge < -0.3 is 19.5 Å². The van der Waals surface area contributed by atoms with Gasteiger partial charge in [-0.25, -0.2) is 14.0 Å². The zero-order chi connectivity index (χ0) is 17.6. The maximum atomic E-state index is 13.5. The van der Waals surface area contributed by atoms with Crippen LogP contribution in [0.1, 0.15) is 0 Å². The number of methoxy groups -OCH3 is 2. The number of hydrogen-bond donors (Lipinski definition) is 1. The van der Waals surface area contributed by atoms with E-state index in [9.17, 15) is 22.8 Å². The third-order valence-corrected chi connectivity index (χ3v) is 2.94. The van der Waals surface area contributed by atoms with Gasteiger partial charge in [-0.15, -0.1) is 0 Å². The van der Waals surface area contributed by atoms with E-state index in [2.05, 4.69) is 35.5 Å². The van der Waals surface area contributed by atoms with Gasteiger partial charge in [0.15, 0.2) is 5.75 Å². The van der Waals surface area contributed by atoms with Crippen LogP contribution in [0.4, 0.5) is 18.9 Å². The molecule has 1 N–H and O–H groups in total. The number of carbonyl (C=O) groups is 2. The van der Waals surface area contributed by atoms with E-state index in [1.54, 1.807) is 0 Å². The van der Waals surface area contributed by atoms with Gasteiger partial charge >= 0.3 is 18.6 Å². The third-order valence-electron chi connectivity index (χ3n) is 2.35. The van der Waals surface area contributed by atoms with E-state index in [1.807, 2.05) is 0 Å². The van der Waals surface area contributed by atoms with Gasteiger partial charge in [0.2, 0.25) is 0 Å². The highest BCUT2D eigenvalue weighted by Crippen LogP contribution is 2.36. The fourth-order valence-electron chi connectivity index (χ4n) is 1.44. The van der Waals surface area contributed by atoms with Crippen LogP contribution in [0.2, 0.25) is 0 Å². The van der Waals surface area contributed by atoms with Gasteiger partial charge in [0.25, 0.3) is 0 Å². The van der Waals surface area contributed by atoms with Crippen LogP contribution in [0, 0.1) is 5.82 Å². The van der Waals surface area contributed by atoms with E-state index in [-0.39, 0.29) is 10.2 Å². The van der Waals surface area contributed by atoms with E-state index < -0.39 is 35.8 Å². The molecule has 0 bridgehead atoms. The molecular formula is C13H11BrF3NO5. The first-order valence-electron chi connectivity index (χ1n) is 5.87. The molecule has 1 rings (SSSR count). The summed E-state index contributed by atoms with van der Waals surface area (Å²) in [6.45, 7) is -3.19. The van der Waals surface area contributed by atoms with Crippen molar-refractivity contribution in [3.05, 3.63) is 34.2 Å². The Bertz CT molecular complexity index is 636. The monoisotopic (exact) mass is 397 g/mol. The molecular weight excluding hydrogens is 387 g/mol. The summed E-state index contributed by atoms with van der Waals surface area (Å²) >= 11 is 2.87. The van der Waals surface area contributed by atoms with Gasteiger partial charge in [-0.2, -0.15) is 8.78 Å². The average Bonchev–Trinajstić information content (AvgIpc) is 2.48. The van der Waals surface area contributed by atoms with Gasteiger partial charge in [-0.3, -0.25) is 0 Å². The highest BCUT2D eigenvalue weighted by atomic mass is 79.9. The first-order valence-corrected chi connectivity index (χ1v) is 6.66. The van der Waals surface area contributed by atoms with Crippen LogP contribution >= 0.6 is 15.9 Å². The molecule has 0 atom stereocenters. The molecule has 0 radical (unpaired) electrons. The molecule has 0 heterocycles. The molecule has 0 aliphatic carbocycles. The zero-order valence-electron chi connectivity index (χ0n) is 11.9. The molecule has 0 unspecified atom stereocenters. The fraction of sp³-hybridized carbons (Fsp3) is 0.231. The minimum absolute atomic E-state index is 0.123. The highest BCUT2D eigenvalue weighted by Gasteiger charge is 2.19. The van der Waals surface area contributed by atoms with Crippen molar-refractivity contribution in [3.63, 3.8) is 0 Å². The second-order valence-corrected chi connectivity index (χ2v) is 4.69. The quantitative estimate of drug-likeness (QED) is 0.587. The lowest BCUT2D eigenvalue weighted by atomic mass is 10.2. The fourth-order valence-corrected chi connectivity index (χ4v) is 1.97. The summed E-state index contributed by atoms with van der Waals surface area (Å²) in [5.74, 6) is -3.17. The number of alkyl halides is 2. The molecule has 1 aromatic carbocycles. The summed E-state index contributed by atoms with van der Waals surface area (Å²) < 4.78 is 51.3. The summed E-state index contributed by atoms with van der Waals surface area (Å²) in [7, 11) is 2.10. The Balaban J connectivity index is 3.29. The minimum atomic E-state index is -3.19. The van der Waals surface area contributed by atoms with E-state index in [0.29, 0.717) is 0 Å². The molecule has 23 heavy (non-hydrogen) atoms. The van der Waals surface area contributed by atoms with Crippen molar-refractivity contribution in [1.82, 2.24) is 0 Å². The molecule has 0 aliphatic heterocycles. The molecule has 0 fully saturated rings. The maximum absolute atomic E-state index is 13.5. The molecule has 0 spiro atoms. The van der Waals surface area contributed by atoms with Crippen molar-refractivity contribution in [3.8, 4) is 5.75 Å². The molecule has 0 amide bonds. The van der Waals surface area contributed by atoms with Crippen LogP contribution in [0.15, 0.2) is 28.4 Å². The number of rotatable bonds is 6. The van der Waals surface area contributed by atoms with Crippen molar-refractivity contribution < 1.29 is 37.0 Å². The Kier molecular flexibility index (Phi) is 6.89. The van der Waals surface area contributed by atoms with Gasteiger partial charge in [-0.05, 0) is 22.0 Å². The minimum Gasteiger partial charge on any atom is -0.466 e. The second kappa shape index (κ2) is 8.42. The number of benzene rings is 1. The van der Waals surface area contributed by atoms with Crippen LogP contribution in [0.3, 0.4) is 0 Å². The SMILES string of the molecule is COC(=O)/C=C(/Nc1cc(F)cc(Br)c1OC(F)F)C(=O)OC. The molecule has 10 heteroatoms. The van der Waals surface area contributed by atoms with E-state index in [1.165, 1.54) is 0 Å². The van der Waals surface area contributed by atoms with Crippen LogP contribution in [-0.2, 0) is 19.1 Å². The van der Waals surface area contributed by atoms with Crippen molar-refractivity contribution in [2.24, 2.45) is 0 Å². The second-order valence-electron chi connectivity index (χ2n) is 3.84. The largest absolute Gasteiger partial charge is 0.466 e. The van der Waals surface area contributed by atoms with Crippen molar-refractivity contribution in [2.45, 2.75) is 6.61 Å². The average molecular weight is 398 g/mol. The summed E-state index contributed by atoms with van der Waals surface area (Å²) in [6.07, 6.45) is 0.719. The molecule has 0 aliphatic rings. The molecule has 0 saturated carbocycles. The maximum Gasteiger partial charge on any atom is 0.387 e. The summed E-state index contributed by atoms with van der Waals surface area (Å²) in [6, 6.07) is 1.70. The van der Waals surface area contributed by atoms with E-state index in [4.69, 9.17) is 0 Å². The first kappa shape index (κ1) is 18.8. The summed E-state index contributed by atoms with van der Waals surface area (Å²) in [5, 5.41) is 2.31. The Morgan fingerprint density at radius 2 is 1.91 bits per heavy atom. The number of halogens is 4. The number of ether oxygens (including phenoxy) is 3. The zero-order valence-corrected chi connectivity index (χ0v) is 13.4. The van der Waals surface area contributed by atoms with Crippen molar-refractivity contribution in [1.29, 1.82) is 0 Å². The van der Waals surface area contributed by atoms with Gasteiger partial charge in [0.05, 0.1) is 30.5 Å². The molecule has 1 aromatic rings. The first-order chi connectivity index (χ1) is 10.8. The van der Waals surface area contributed by atoms with Crippen LogP contribution in [-0.4, -0.2) is 32.8 Å². The Labute approximate surface area is 137 Å². The Morgan fingerprint density at radius 3 is 2.43 bits per heavy atom. The number of hydrogen-bond acceptors (Lipinski definition) is 6. The standard InChI is InChI=1S/C13H11BrF3NO5/c1-21-10(19)5-9(12(20)22-2)18-8-4-6(15)3-7(14)11(8)23-13(16)17/h3-5,13,18H,1-2H3/b9-5+. The Morgan fingerprint density at radius 1 is 1.26 bits per heavy atom. The third kappa shape index (κ3) is 5.47. The predicted octanol–water partition coefficient (Wildman–Crippen LogP) is 2.83. The van der Waals surface area contributed by atoms with E-state index >= 15 is 0 Å². The Hall–Kier alpha value is -2.23. The highest BCUT2D eigenvalue weighted by molar-refractivity contribution is 9.10. The lowest BCUT2D eigenvalue weighted by Gasteiger charge is -2.15. The van der Waals surface area contributed by atoms with Crippen LogP contribution < -0.4 is 10.1 Å². The van der Waals surface area contributed by atoms with Crippen LogP contribution in [0.5, 0.6) is 5.75 Å². The molecule has 6 nitrogen and oxygen atoms in total.